The average Bonchev–Trinajstić information content (AvgIpc) is 2.29. The third-order valence-electron chi connectivity index (χ3n) is 3.22. The summed E-state index contributed by atoms with van der Waals surface area (Å²) in [7, 11) is 0.383. The molecule has 0 spiro atoms. The average molecular weight is 246 g/mol. The second kappa shape index (κ2) is 5.96. The van der Waals surface area contributed by atoms with Gasteiger partial charge in [-0.05, 0) is 0 Å². The van der Waals surface area contributed by atoms with E-state index < -0.39 is 11.2 Å². The molecule has 96 valence electrons. The van der Waals surface area contributed by atoms with Gasteiger partial charge in [-0.3, -0.25) is 0 Å². The number of hydrogen-bond acceptors (Lipinski definition) is 3. The van der Waals surface area contributed by atoms with Gasteiger partial charge in [0.05, 0.1) is 0 Å². The molecule has 1 atom stereocenters. The Hall–Kier alpha value is -1.42. The van der Waals surface area contributed by atoms with Gasteiger partial charge in [-0.25, -0.2) is 0 Å². The van der Waals surface area contributed by atoms with E-state index in [0.717, 1.165) is 5.56 Å². The zero-order valence-corrected chi connectivity index (χ0v) is 11.1. The van der Waals surface area contributed by atoms with E-state index >= 15 is 0 Å². The molecule has 1 rings (SSSR count). The summed E-state index contributed by atoms with van der Waals surface area (Å²) < 4.78 is 15.6. The van der Waals surface area contributed by atoms with E-state index in [2.05, 4.69) is 0 Å². The number of rotatable bonds is 6. The van der Waals surface area contributed by atoms with Crippen LogP contribution in [0.15, 0.2) is 36.4 Å². The van der Waals surface area contributed by atoms with Gasteiger partial charge in [0.2, 0.25) is 0 Å². The Balaban J connectivity index is 2.75. The topological polar surface area (TPSA) is 46.5 Å². The molecule has 0 bridgehead atoms. The SMILES string of the molecule is CC(C)(O)C(C)(CC=Cc1ccccc1)OB=O. The van der Waals surface area contributed by atoms with E-state index in [-0.39, 0.29) is 0 Å². The first-order chi connectivity index (χ1) is 8.39. The summed E-state index contributed by atoms with van der Waals surface area (Å²) in [4.78, 5) is 0. The quantitative estimate of drug-likeness (QED) is 0.784. The fourth-order valence-electron chi connectivity index (χ4n) is 1.53. The standard InChI is InChI=1S/C14H19BO3/c1-13(2,16)14(3,18-15-17)11-7-10-12-8-5-4-6-9-12/h4-10,16H,11H2,1-3H3. The van der Waals surface area contributed by atoms with Crippen molar-refractivity contribution in [2.75, 3.05) is 0 Å². The summed E-state index contributed by atoms with van der Waals surface area (Å²) in [6.45, 7) is 4.98. The molecule has 0 radical (unpaired) electrons. The number of aliphatic hydroxyl groups is 1. The molecule has 0 fully saturated rings. The van der Waals surface area contributed by atoms with E-state index in [4.69, 9.17) is 4.65 Å². The van der Waals surface area contributed by atoms with Crippen molar-refractivity contribution in [1.29, 1.82) is 0 Å². The van der Waals surface area contributed by atoms with Gasteiger partial charge in [0.1, 0.15) is 0 Å². The molecule has 1 aromatic carbocycles. The van der Waals surface area contributed by atoms with E-state index in [1.807, 2.05) is 42.5 Å². The van der Waals surface area contributed by atoms with Crippen molar-refractivity contribution in [2.45, 2.75) is 38.4 Å². The molecule has 1 unspecified atom stereocenters. The van der Waals surface area contributed by atoms with Crippen molar-refractivity contribution >= 4 is 13.4 Å². The molecule has 3 nitrogen and oxygen atoms in total. The third-order valence-corrected chi connectivity index (χ3v) is 3.22. The first kappa shape index (κ1) is 14.6. The second-order valence-electron chi connectivity index (χ2n) is 5.02. The molecule has 1 aromatic rings. The molecule has 0 heterocycles. The maximum absolute atomic E-state index is 10.5. The molecule has 0 saturated heterocycles. The van der Waals surface area contributed by atoms with Gasteiger partial charge in [-0.2, -0.15) is 0 Å². The second-order valence-corrected chi connectivity index (χ2v) is 5.02. The Morgan fingerprint density at radius 2 is 1.89 bits per heavy atom. The monoisotopic (exact) mass is 246 g/mol. The van der Waals surface area contributed by atoms with E-state index in [0.29, 0.717) is 13.8 Å². The van der Waals surface area contributed by atoms with Gasteiger partial charge < -0.3 is 0 Å². The molecule has 0 aliphatic rings. The van der Waals surface area contributed by atoms with Gasteiger partial charge >= 0.3 is 108 Å². The summed E-state index contributed by atoms with van der Waals surface area (Å²) in [6, 6.07) is 9.83. The zero-order valence-electron chi connectivity index (χ0n) is 11.1. The molecule has 0 amide bonds. The van der Waals surface area contributed by atoms with E-state index in [9.17, 15) is 9.81 Å². The van der Waals surface area contributed by atoms with Crippen molar-refractivity contribution in [2.24, 2.45) is 0 Å². The van der Waals surface area contributed by atoms with Crippen LogP contribution in [-0.2, 0) is 9.36 Å². The minimum atomic E-state index is -1.10. The Morgan fingerprint density at radius 1 is 1.28 bits per heavy atom. The molecule has 0 saturated carbocycles. The number of benzene rings is 1. The summed E-state index contributed by atoms with van der Waals surface area (Å²) in [5, 5.41) is 10.0. The van der Waals surface area contributed by atoms with Crippen LogP contribution in [0, 0.1) is 0 Å². The fourth-order valence-corrected chi connectivity index (χ4v) is 1.53. The van der Waals surface area contributed by atoms with Crippen LogP contribution in [0.1, 0.15) is 32.8 Å². The molecule has 0 aliphatic carbocycles. The summed E-state index contributed by atoms with van der Waals surface area (Å²) in [6.07, 6.45) is 4.29. The van der Waals surface area contributed by atoms with Crippen LogP contribution in [0.2, 0.25) is 0 Å². The Kier molecular flexibility index (Phi) is 4.85. The molecule has 0 aliphatic heterocycles. The van der Waals surface area contributed by atoms with Crippen molar-refractivity contribution in [3.05, 3.63) is 42.0 Å². The van der Waals surface area contributed by atoms with E-state index in [1.165, 1.54) is 0 Å². The minimum absolute atomic E-state index is 0.383. The van der Waals surface area contributed by atoms with E-state index in [1.54, 1.807) is 20.8 Å². The Morgan fingerprint density at radius 3 is 2.39 bits per heavy atom. The van der Waals surface area contributed by atoms with Crippen molar-refractivity contribution in [3.63, 3.8) is 0 Å². The van der Waals surface area contributed by atoms with Crippen LogP contribution in [0.5, 0.6) is 0 Å². The van der Waals surface area contributed by atoms with Crippen LogP contribution in [0.3, 0.4) is 0 Å². The van der Waals surface area contributed by atoms with Crippen LogP contribution < -0.4 is 0 Å². The summed E-state index contributed by atoms with van der Waals surface area (Å²) in [5.41, 5.74) is -0.962. The normalized spacial score (nSPS) is 15.1. The summed E-state index contributed by atoms with van der Waals surface area (Å²) >= 11 is 0. The van der Waals surface area contributed by atoms with Crippen LogP contribution in [0.25, 0.3) is 6.08 Å². The number of hydrogen-bond donors (Lipinski definition) is 1. The molecular weight excluding hydrogens is 227 g/mol. The Labute approximate surface area is 109 Å². The first-order valence-corrected chi connectivity index (χ1v) is 5.94. The van der Waals surface area contributed by atoms with Crippen LogP contribution in [-0.4, -0.2) is 23.7 Å². The third kappa shape index (κ3) is 3.81. The first-order valence-electron chi connectivity index (χ1n) is 5.94. The van der Waals surface area contributed by atoms with Crippen molar-refractivity contribution in [1.82, 2.24) is 0 Å². The molecule has 0 aromatic heterocycles. The summed E-state index contributed by atoms with van der Waals surface area (Å²) in [5.74, 6) is 0. The van der Waals surface area contributed by atoms with Gasteiger partial charge in [-0.15, -0.1) is 0 Å². The predicted molar refractivity (Wildman–Crippen MR) is 72.3 cm³/mol. The van der Waals surface area contributed by atoms with Gasteiger partial charge in [-0.1, -0.05) is 0 Å². The predicted octanol–water partition coefficient (Wildman–Crippen LogP) is 2.60. The van der Waals surface area contributed by atoms with Crippen LogP contribution in [0.4, 0.5) is 0 Å². The zero-order chi connectivity index (χ0) is 13.6. The van der Waals surface area contributed by atoms with Crippen LogP contribution >= 0.6 is 0 Å². The Bertz CT molecular complexity index is 409. The van der Waals surface area contributed by atoms with Crippen molar-refractivity contribution < 1.29 is 14.5 Å². The molecule has 1 N–H and O–H groups in total. The van der Waals surface area contributed by atoms with Gasteiger partial charge in [0, 0.05) is 0 Å². The fraction of sp³-hybridized carbons (Fsp3) is 0.429. The van der Waals surface area contributed by atoms with Gasteiger partial charge in [0.25, 0.3) is 0 Å². The van der Waals surface area contributed by atoms with Gasteiger partial charge in [0.15, 0.2) is 0 Å². The maximum atomic E-state index is 10.5. The molecular formula is C14H19BO3. The van der Waals surface area contributed by atoms with Crippen molar-refractivity contribution in [3.8, 4) is 0 Å². The molecule has 4 heteroatoms. The molecule has 18 heavy (non-hydrogen) atoms.